The minimum Gasteiger partial charge on any atom is -0.308 e. The third-order valence-electron chi connectivity index (χ3n) is 3.04. The molecule has 0 heterocycles. The molecule has 0 radical (unpaired) electrons. The van der Waals surface area contributed by atoms with E-state index in [-0.39, 0.29) is 5.54 Å². The van der Waals surface area contributed by atoms with Crippen LogP contribution in [0.15, 0.2) is 41.8 Å². The van der Waals surface area contributed by atoms with Crippen molar-refractivity contribution in [3.63, 3.8) is 0 Å². The molecule has 1 nitrogen and oxygen atoms in total. The van der Waals surface area contributed by atoms with Crippen LogP contribution in [-0.4, -0.2) is 11.3 Å². The average Bonchev–Trinajstić information content (AvgIpc) is 2.40. The maximum absolute atomic E-state index is 3.76. The predicted octanol–water partition coefficient (Wildman–Crippen LogP) is 5.41. The van der Waals surface area contributed by atoms with Crippen molar-refractivity contribution in [3.05, 3.63) is 42.5 Å². The fourth-order valence-corrected chi connectivity index (χ4v) is 2.86. The molecule has 1 rings (SSSR count). The number of nitrogens with one attached hydrogen (secondary N) is 1. The highest BCUT2D eigenvalue weighted by Crippen LogP contribution is 2.21. The number of allylic oxidation sites excluding steroid dienone is 1. The van der Waals surface area contributed by atoms with E-state index in [2.05, 4.69) is 56.9 Å². The molecule has 0 amide bonds. The Morgan fingerprint density at radius 1 is 1.20 bits per heavy atom. The lowest BCUT2D eigenvalue weighted by atomic mass is 10.1. The van der Waals surface area contributed by atoms with Gasteiger partial charge in [0.05, 0.1) is 0 Å². The maximum Gasteiger partial charge on any atom is 0.0210 e. The van der Waals surface area contributed by atoms with E-state index >= 15 is 0 Å². The Bertz CT molecular complexity index is 393. The second-order valence-corrected chi connectivity index (χ2v) is 7.41. The van der Waals surface area contributed by atoms with E-state index in [1.165, 1.54) is 35.5 Å². The van der Waals surface area contributed by atoms with Crippen LogP contribution in [0, 0.1) is 0 Å². The van der Waals surface area contributed by atoms with Gasteiger partial charge in [-0.3, -0.25) is 0 Å². The van der Waals surface area contributed by atoms with Crippen LogP contribution in [0.1, 0.15) is 52.0 Å². The molecule has 0 aliphatic heterocycles. The van der Waals surface area contributed by atoms with Crippen molar-refractivity contribution in [2.45, 2.75) is 63.4 Å². The summed E-state index contributed by atoms with van der Waals surface area (Å²) in [7, 11) is 0. The standard InChI is InChI=1S/C18H29NS/c1-5-6-7-8-9-13-20-17-12-10-11-16(14-17)15-19-18(2,3)4/h5,10-12,14,19H,1,6-9,13,15H2,2-4H3. The van der Waals surface area contributed by atoms with Crippen molar-refractivity contribution in [1.29, 1.82) is 0 Å². The van der Waals surface area contributed by atoms with E-state index < -0.39 is 0 Å². The number of rotatable bonds is 9. The first-order valence-corrected chi connectivity index (χ1v) is 8.57. The van der Waals surface area contributed by atoms with Crippen molar-refractivity contribution in [1.82, 2.24) is 5.32 Å². The summed E-state index contributed by atoms with van der Waals surface area (Å²) in [5.74, 6) is 1.22. The lowest BCUT2D eigenvalue weighted by Crippen LogP contribution is -2.35. The highest BCUT2D eigenvalue weighted by atomic mass is 32.2. The third-order valence-corrected chi connectivity index (χ3v) is 4.12. The van der Waals surface area contributed by atoms with Gasteiger partial charge in [-0.25, -0.2) is 0 Å². The Balaban J connectivity index is 2.30. The van der Waals surface area contributed by atoms with E-state index in [0.29, 0.717) is 0 Å². The lowest BCUT2D eigenvalue weighted by Gasteiger charge is -2.20. The van der Waals surface area contributed by atoms with Crippen LogP contribution >= 0.6 is 11.8 Å². The summed E-state index contributed by atoms with van der Waals surface area (Å²) in [4.78, 5) is 1.39. The van der Waals surface area contributed by atoms with Gasteiger partial charge in [-0.2, -0.15) is 0 Å². The second-order valence-electron chi connectivity index (χ2n) is 6.24. The summed E-state index contributed by atoms with van der Waals surface area (Å²) >= 11 is 1.97. The minimum absolute atomic E-state index is 0.175. The molecule has 20 heavy (non-hydrogen) atoms. The first-order chi connectivity index (χ1) is 9.51. The molecule has 0 atom stereocenters. The van der Waals surface area contributed by atoms with Gasteiger partial charge in [-0.05, 0) is 63.5 Å². The van der Waals surface area contributed by atoms with E-state index in [4.69, 9.17) is 0 Å². The molecule has 0 unspecified atom stereocenters. The molecule has 1 aromatic rings. The first-order valence-electron chi connectivity index (χ1n) is 7.59. The smallest absolute Gasteiger partial charge is 0.0210 e. The van der Waals surface area contributed by atoms with Crippen molar-refractivity contribution < 1.29 is 0 Å². The van der Waals surface area contributed by atoms with Crippen LogP contribution in [0.3, 0.4) is 0 Å². The monoisotopic (exact) mass is 291 g/mol. The zero-order valence-corrected chi connectivity index (χ0v) is 14.1. The SMILES string of the molecule is C=CCCCCCSc1cccc(CNC(C)(C)C)c1. The second kappa shape index (κ2) is 9.25. The zero-order chi connectivity index (χ0) is 14.8. The molecule has 112 valence electrons. The molecule has 2 heteroatoms. The van der Waals surface area contributed by atoms with Gasteiger partial charge in [-0.15, -0.1) is 18.3 Å². The van der Waals surface area contributed by atoms with Gasteiger partial charge in [0.1, 0.15) is 0 Å². The molecule has 1 aromatic carbocycles. The maximum atomic E-state index is 3.76. The molecule has 0 aliphatic carbocycles. The van der Waals surface area contributed by atoms with Gasteiger partial charge in [0.25, 0.3) is 0 Å². The minimum atomic E-state index is 0.175. The summed E-state index contributed by atoms with van der Waals surface area (Å²) in [6, 6.07) is 8.90. The Morgan fingerprint density at radius 2 is 2.00 bits per heavy atom. The van der Waals surface area contributed by atoms with Crippen LogP contribution in [0.25, 0.3) is 0 Å². The Kier molecular flexibility index (Phi) is 8.01. The number of unbranched alkanes of at least 4 members (excludes halogenated alkanes) is 3. The molecule has 0 spiro atoms. The molecule has 0 saturated heterocycles. The van der Waals surface area contributed by atoms with Crippen LogP contribution < -0.4 is 5.32 Å². The van der Waals surface area contributed by atoms with Crippen molar-refractivity contribution in [3.8, 4) is 0 Å². The normalized spacial score (nSPS) is 11.6. The Morgan fingerprint density at radius 3 is 2.70 bits per heavy atom. The van der Waals surface area contributed by atoms with Crippen molar-refractivity contribution >= 4 is 11.8 Å². The zero-order valence-electron chi connectivity index (χ0n) is 13.2. The predicted molar refractivity (Wildman–Crippen MR) is 92.4 cm³/mol. The van der Waals surface area contributed by atoms with Crippen LogP contribution in [-0.2, 0) is 6.54 Å². The number of benzene rings is 1. The molecule has 0 bridgehead atoms. The molecule has 0 aromatic heterocycles. The van der Waals surface area contributed by atoms with E-state index in [1.54, 1.807) is 0 Å². The number of hydrogen-bond acceptors (Lipinski definition) is 2. The van der Waals surface area contributed by atoms with Gasteiger partial charge in [0.2, 0.25) is 0 Å². The summed E-state index contributed by atoms with van der Waals surface area (Å²) in [6.45, 7) is 11.3. The number of hydrogen-bond donors (Lipinski definition) is 1. The quantitative estimate of drug-likeness (QED) is 0.371. The van der Waals surface area contributed by atoms with Crippen LogP contribution in [0.5, 0.6) is 0 Å². The Labute approximate surface area is 129 Å². The molecular formula is C18H29NS. The van der Waals surface area contributed by atoms with Gasteiger partial charge in [-0.1, -0.05) is 24.6 Å². The number of thioether (sulfide) groups is 1. The third kappa shape index (κ3) is 8.44. The molecule has 1 N–H and O–H groups in total. The van der Waals surface area contributed by atoms with E-state index in [9.17, 15) is 0 Å². The van der Waals surface area contributed by atoms with Gasteiger partial charge in [0.15, 0.2) is 0 Å². The average molecular weight is 292 g/mol. The molecular weight excluding hydrogens is 262 g/mol. The topological polar surface area (TPSA) is 12.0 Å². The van der Waals surface area contributed by atoms with E-state index in [0.717, 1.165) is 13.0 Å². The highest BCUT2D eigenvalue weighted by Gasteiger charge is 2.08. The van der Waals surface area contributed by atoms with Crippen molar-refractivity contribution in [2.24, 2.45) is 0 Å². The fourth-order valence-electron chi connectivity index (χ4n) is 1.87. The fraction of sp³-hybridized carbons (Fsp3) is 0.556. The van der Waals surface area contributed by atoms with Gasteiger partial charge < -0.3 is 5.32 Å². The Hall–Kier alpha value is -0.730. The summed E-state index contributed by atoms with van der Waals surface area (Å²) in [6.07, 6.45) is 7.05. The van der Waals surface area contributed by atoms with Gasteiger partial charge in [0, 0.05) is 17.0 Å². The first kappa shape index (κ1) is 17.3. The van der Waals surface area contributed by atoms with Gasteiger partial charge >= 0.3 is 0 Å². The lowest BCUT2D eigenvalue weighted by molar-refractivity contribution is 0.424. The van der Waals surface area contributed by atoms with Crippen LogP contribution in [0.4, 0.5) is 0 Å². The summed E-state index contributed by atoms with van der Waals surface area (Å²) < 4.78 is 0. The highest BCUT2D eigenvalue weighted by molar-refractivity contribution is 7.99. The molecule has 0 aliphatic rings. The molecule has 0 fully saturated rings. The summed E-state index contributed by atoms with van der Waals surface area (Å²) in [5.41, 5.74) is 1.55. The van der Waals surface area contributed by atoms with E-state index in [1.807, 2.05) is 17.8 Å². The summed E-state index contributed by atoms with van der Waals surface area (Å²) in [5, 5.41) is 3.54. The largest absolute Gasteiger partial charge is 0.308 e. The van der Waals surface area contributed by atoms with Crippen molar-refractivity contribution in [2.75, 3.05) is 5.75 Å². The van der Waals surface area contributed by atoms with Crippen LogP contribution in [0.2, 0.25) is 0 Å². The molecule has 0 saturated carbocycles.